The first kappa shape index (κ1) is 17.9. The summed E-state index contributed by atoms with van der Waals surface area (Å²) >= 11 is 0. The van der Waals surface area contributed by atoms with E-state index in [1.54, 1.807) is 26.0 Å². The van der Waals surface area contributed by atoms with Gasteiger partial charge in [-0.2, -0.15) is 5.26 Å². The van der Waals surface area contributed by atoms with Crippen LogP contribution in [0.3, 0.4) is 0 Å². The van der Waals surface area contributed by atoms with Gasteiger partial charge in [-0.05, 0) is 55.8 Å². The molecule has 126 valence electrons. The standard InChI is InChI=1S/C17H17FN2O3S/c1-12-3-4-14(10-19)9-17(12)24(21,22)20-13(2)11-23-16-7-5-15(18)6-8-16/h3-9,13,20H,11H2,1-2H3. The molecule has 0 fully saturated rings. The summed E-state index contributed by atoms with van der Waals surface area (Å²) in [6, 6.07) is 11.4. The smallest absolute Gasteiger partial charge is 0.241 e. The Bertz CT molecular complexity index is 858. The molecule has 2 aromatic rings. The Hall–Kier alpha value is -2.43. The Morgan fingerprint density at radius 2 is 1.92 bits per heavy atom. The van der Waals surface area contributed by atoms with Crippen LogP contribution >= 0.6 is 0 Å². The lowest BCUT2D eigenvalue weighted by Crippen LogP contribution is -2.37. The molecule has 0 saturated carbocycles. The van der Waals surface area contributed by atoms with Gasteiger partial charge in [-0.15, -0.1) is 0 Å². The minimum absolute atomic E-state index is 0.0650. The van der Waals surface area contributed by atoms with Gasteiger partial charge in [0.2, 0.25) is 10.0 Å². The average molecular weight is 348 g/mol. The second-order valence-corrected chi connectivity index (χ2v) is 7.06. The highest BCUT2D eigenvalue weighted by atomic mass is 32.2. The second-order valence-electron chi connectivity index (χ2n) is 5.38. The molecule has 5 nitrogen and oxygen atoms in total. The summed E-state index contributed by atoms with van der Waals surface area (Å²) in [5.41, 5.74) is 0.823. The molecular formula is C17H17FN2O3S. The normalized spacial score (nSPS) is 12.4. The Balaban J connectivity index is 2.06. The van der Waals surface area contributed by atoms with Gasteiger partial charge >= 0.3 is 0 Å². The van der Waals surface area contributed by atoms with Crippen molar-refractivity contribution in [2.45, 2.75) is 24.8 Å². The topological polar surface area (TPSA) is 79.2 Å². The van der Waals surface area contributed by atoms with E-state index in [9.17, 15) is 12.8 Å². The summed E-state index contributed by atoms with van der Waals surface area (Å²) in [6.07, 6.45) is 0. The minimum Gasteiger partial charge on any atom is -0.492 e. The van der Waals surface area contributed by atoms with Crippen LogP contribution in [0.2, 0.25) is 0 Å². The zero-order chi connectivity index (χ0) is 17.7. The van der Waals surface area contributed by atoms with E-state index in [1.807, 2.05) is 6.07 Å². The van der Waals surface area contributed by atoms with Gasteiger partial charge in [0.15, 0.2) is 0 Å². The van der Waals surface area contributed by atoms with Crippen LogP contribution in [0.5, 0.6) is 5.75 Å². The quantitative estimate of drug-likeness (QED) is 0.870. The molecule has 0 saturated heterocycles. The van der Waals surface area contributed by atoms with Crippen LogP contribution in [-0.4, -0.2) is 21.1 Å². The van der Waals surface area contributed by atoms with Crippen LogP contribution in [-0.2, 0) is 10.0 Å². The summed E-state index contributed by atoms with van der Waals surface area (Å²) in [4.78, 5) is 0.0650. The van der Waals surface area contributed by atoms with Gasteiger partial charge < -0.3 is 4.74 Å². The number of aryl methyl sites for hydroxylation is 1. The summed E-state index contributed by atoms with van der Waals surface area (Å²) < 4.78 is 45.7. The average Bonchev–Trinajstić information content (AvgIpc) is 2.54. The van der Waals surface area contributed by atoms with Crippen LogP contribution in [0.15, 0.2) is 47.4 Å². The number of sulfonamides is 1. The molecule has 0 aliphatic heterocycles. The van der Waals surface area contributed by atoms with Gasteiger partial charge in [-0.3, -0.25) is 0 Å². The molecule has 24 heavy (non-hydrogen) atoms. The molecule has 1 atom stereocenters. The highest BCUT2D eigenvalue weighted by Gasteiger charge is 2.20. The molecule has 7 heteroatoms. The van der Waals surface area contributed by atoms with E-state index in [2.05, 4.69) is 4.72 Å². The summed E-state index contributed by atoms with van der Waals surface area (Å²) in [5.74, 6) is 0.0778. The summed E-state index contributed by atoms with van der Waals surface area (Å²) in [7, 11) is -3.77. The molecule has 1 N–H and O–H groups in total. The van der Waals surface area contributed by atoms with Crippen molar-refractivity contribution < 1.29 is 17.5 Å². The molecule has 0 bridgehead atoms. The molecule has 0 aliphatic carbocycles. The van der Waals surface area contributed by atoms with E-state index in [-0.39, 0.29) is 22.9 Å². The van der Waals surface area contributed by atoms with Crippen LogP contribution in [0.1, 0.15) is 18.1 Å². The van der Waals surface area contributed by atoms with E-state index >= 15 is 0 Å². The predicted octanol–water partition coefficient (Wildman–Crippen LogP) is 2.75. The molecule has 0 heterocycles. The molecule has 2 aromatic carbocycles. The number of nitriles is 1. The Kier molecular flexibility index (Phi) is 5.54. The van der Waals surface area contributed by atoms with Gasteiger partial charge in [0.1, 0.15) is 18.2 Å². The molecule has 0 aliphatic rings. The maximum atomic E-state index is 12.8. The maximum absolute atomic E-state index is 12.8. The number of nitrogens with zero attached hydrogens (tertiary/aromatic N) is 1. The molecule has 0 aromatic heterocycles. The van der Waals surface area contributed by atoms with Crippen LogP contribution in [0, 0.1) is 24.1 Å². The van der Waals surface area contributed by atoms with Crippen molar-refractivity contribution in [3.05, 3.63) is 59.4 Å². The van der Waals surface area contributed by atoms with E-state index in [4.69, 9.17) is 10.00 Å². The van der Waals surface area contributed by atoms with Gasteiger partial charge in [0.25, 0.3) is 0 Å². The monoisotopic (exact) mass is 348 g/mol. The lowest BCUT2D eigenvalue weighted by atomic mass is 10.2. The molecule has 0 radical (unpaired) electrons. The van der Waals surface area contributed by atoms with Gasteiger partial charge in [-0.25, -0.2) is 17.5 Å². The van der Waals surface area contributed by atoms with Crippen molar-refractivity contribution in [3.63, 3.8) is 0 Å². The largest absolute Gasteiger partial charge is 0.492 e. The number of hydrogen-bond acceptors (Lipinski definition) is 4. The third kappa shape index (κ3) is 4.54. The highest BCUT2D eigenvalue weighted by molar-refractivity contribution is 7.89. The Morgan fingerprint density at radius 3 is 2.54 bits per heavy atom. The number of ether oxygens (including phenoxy) is 1. The third-order valence-electron chi connectivity index (χ3n) is 3.28. The van der Waals surface area contributed by atoms with E-state index in [1.165, 1.54) is 30.3 Å². The zero-order valence-corrected chi connectivity index (χ0v) is 14.1. The Labute approximate surface area is 140 Å². The van der Waals surface area contributed by atoms with Crippen molar-refractivity contribution >= 4 is 10.0 Å². The maximum Gasteiger partial charge on any atom is 0.241 e. The van der Waals surface area contributed by atoms with Crippen LogP contribution in [0.25, 0.3) is 0 Å². The summed E-state index contributed by atoms with van der Waals surface area (Å²) in [5, 5.41) is 8.92. The fourth-order valence-electron chi connectivity index (χ4n) is 2.07. The van der Waals surface area contributed by atoms with Crippen molar-refractivity contribution in [3.8, 4) is 11.8 Å². The molecule has 1 unspecified atom stereocenters. The minimum atomic E-state index is -3.77. The summed E-state index contributed by atoms with van der Waals surface area (Å²) in [6.45, 7) is 3.40. The number of nitrogens with one attached hydrogen (secondary N) is 1. The SMILES string of the molecule is Cc1ccc(C#N)cc1S(=O)(=O)NC(C)COc1ccc(F)cc1. The second kappa shape index (κ2) is 7.43. The van der Waals surface area contributed by atoms with Crippen molar-refractivity contribution in [2.24, 2.45) is 0 Å². The molecule has 0 amide bonds. The highest BCUT2D eigenvalue weighted by Crippen LogP contribution is 2.17. The first-order chi connectivity index (χ1) is 11.3. The van der Waals surface area contributed by atoms with Gasteiger partial charge in [-0.1, -0.05) is 6.07 Å². The first-order valence-corrected chi connectivity index (χ1v) is 8.71. The fourth-order valence-corrected chi connectivity index (χ4v) is 3.57. The Morgan fingerprint density at radius 1 is 1.25 bits per heavy atom. The number of hydrogen-bond donors (Lipinski definition) is 1. The lowest BCUT2D eigenvalue weighted by molar-refractivity contribution is 0.287. The van der Waals surface area contributed by atoms with Crippen LogP contribution < -0.4 is 9.46 Å². The predicted molar refractivity (Wildman–Crippen MR) is 87.6 cm³/mol. The lowest BCUT2D eigenvalue weighted by Gasteiger charge is -2.16. The number of halogens is 1. The van der Waals surface area contributed by atoms with Gasteiger partial charge in [0, 0.05) is 0 Å². The van der Waals surface area contributed by atoms with Gasteiger partial charge in [0.05, 0.1) is 22.6 Å². The van der Waals surface area contributed by atoms with E-state index < -0.39 is 16.1 Å². The van der Waals surface area contributed by atoms with E-state index in [0.717, 1.165) is 0 Å². The molecule has 0 spiro atoms. The first-order valence-electron chi connectivity index (χ1n) is 7.23. The van der Waals surface area contributed by atoms with Crippen molar-refractivity contribution in [2.75, 3.05) is 6.61 Å². The van der Waals surface area contributed by atoms with Crippen LogP contribution in [0.4, 0.5) is 4.39 Å². The molecular weight excluding hydrogens is 331 g/mol. The van der Waals surface area contributed by atoms with E-state index in [0.29, 0.717) is 11.3 Å². The zero-order valence-electron chi connectivity index (χ0n) is 13.3. The fraction of sp³-hybridized carbons (Fsp3) is 0.235. The van der Waals surface area contributed by atoms with Crippen molar-refractivity contribution in [1.82, 2.24) is 4.72 Å². The third-order valence-corrected chi connectivity index (χ3v) is 5.01. The number of rotatable bonds is 6. The number of benzene rings is 2. The molecule has 2 rings (SSSR count). The van der Waals surface area contributed by atoms with Crippen molar-refractivity contribution in [1.29, 1.82) is 5.26 Å².